The lowest BCUT2D eigenvalue weighted by atomic mass is 10.3. The van der Waals surface area contributed by atoms with Crippen LogP contribution in [0.15, 0.2) is 27.0 Å². The number of hydrogen-bond donors (Lipinski definition) is 0. The van der Waals surface area contributed by atoms with Gasteiger partial charge in [-0.3, -0.25) is 0 Å². The first kappa shape index (κ1) is 11.8. The fourth-order valence-corrected chi connectivity index (χ4v) is 2.08. The molecule has 1 rings (SSSR count). The Hall–Kier alpha value is -0.280. The van der Waals surface area contributed by atoms with Gasteiger partial charge < -0.3 is 0 Å². The van der Waals surface area contributed by atoms with Gasteiger partial charge in [0.1, 0.15) is 0 Å². The van der Waals surface area contributed by atoms with Crippen LogP contribution in [0.2, 0.25) is 5.02 Å². The van der Waals surface area contributed by atoms with Gasteiger partial charge in [-0.2, -0.15) is 0 Å². The van der Waals surface area contributed by atoms with Crippen molar-refractivity contribution in [2.75, 3.05) is 12.5 Å². The van der Waals surface area contributed by atoms with E-state index in [4.69, 9.17) is 11.6 Å². The molecule has 0 aromatic heterocycles. The Balaban J connectivity index is 3.45. The summed E-state index contributed by atoms with van der Waals surface area (Å²) in [6.45, 7) is 0. The molecule has 5 heteroatoms. The first-order chi connectivity index (χ1) is 6.46. The second kappa shape index (κ2) is 4.49. The highest BCUT2D eigenvalue weighted by molar-refractivity contribution is 9.10. The van der Waals surface area contributed by atoms with Crippen LogP contribution in [0, 0.1) is 0 Å². The van der Waals surface area contributed by atoms with E-state index < -0.39 is 9.41 Å². The summed E-state index contributed by atoms with van der Waals surface area (Å²) < 4.78 is 5.05. The van der Waals surface area contributed by atoms with Crippen molar-refractivity contribution in [1.82, 2.24) is 0 Å². The Kier molecular flexibility index (Phi) is 3.78. The smallest absolute Gasteiger partial charge is 0.166 e. The van der Waals surface area contributed by atoms with Crippen LogP contribution in [0.1, 0.15) is 0 Å². The molecule has 0 saturated carbocycles. The minimum Gasteiger partial charge on any atom is -0.226 e. The van der Waals surface area contributed by atoms with Gasteiger partial charge in [-0.15, -0.1) is 0 Å². The van der Waals surface area contributed by atoms with Crippen LogP contribution in [-0.2, 0) is 14.2 Å². The lowest BCUT2D eigenvalue weighted by Gasteiger charge is -2.02. The van der Waals surface area contributed by atoms with Gasteiger partial charge in [0.05, 0.1) is 10.7 Å². The maximum Gasteiger partial charge on any atom is 0.166 e. The van der Waals surface area contributed by atoms with Crippen LogP contribution in [0.3, 0.4) is 0 Å². The average Bonchev–Trinajstić information content (AvgIpc) is 2.13. The molecule has 0 unspecified atom stereocenters. The molecule has 0 heterocycles. The molecule has 0 N–H and O–H groups in total. The van der Waals surface area contributed by atoms with Crippen LogP contribution in [0.4, 0.5) is 5.69 Å². The predicted molar refractivity (Wildman–Crippen MR) is 66.1 cm³/mol. The van der Waals surface area contributed by atoms with E-state index >= 15 is 0 Å². The third-order valence-electron chi connectivity index (χ3n) is 1.46. The molecular formula is C9H9BrClNOS. The second-order valence-electron chi connectivity index (χ2n) is 3.02. The highest BCUT2D eigenvalue weighted by Crippen LogP contribution is 2.32. The van der Waals surface area contributed by atoms with Crippen molar-refractivity contribution in [3.63, 3.8) is 0 Å². The van der Waals surface area contributed by atoms with Gasteiger partial charge in [-0.25, -0.2) is 9.16 Å². The zero-order valence-corrected chi connectivity index (χ0v) is 10.9. The van der Waals surface area contributed by atoms with Gasteiger partial charge in [-0.05, 0) is 40.6 Å². The Morgan fingerprint density at radius 3 is 2.71 bits per heavy atom. The van der Waals surface area contributed by atoms with Gasteiger partial charge in [-0.1, -0.05) is 27.1 Å². The van der Waals surface area contributed by atoms with E-state index in [1.54, 1.807) is 18.6 Å². The van der Waals surface area contributed by atoms with Crippen molar-refractivity contribution in [2.24, 2.45) is 4.36 Å². The van der Waals surface area contributed by atoms with E-state index in [0.717, 1.165) is 4.47 Å². The van der Waals surface area contributed by atoms with Crippen molar-refractivity contribution < 1.29 is 4.79 Å². The highest BCUT2D eigenvalue weighted by Gasteiger charge is 2.02. The minimum absolute atomic E-state index is 0.531. The molecule has 0 aliphatic heterocycles. The topological polar surface area (TPSA) is 29.4 Å². The van der Waals surface area contributed by atoms with Crippen molar-refractivity contribution in [2.45, 2.75) is 0 Å². The molecule has 14 heavy (non-hydrogen) atoms. The van der Waals surface area contributed by atoms with Crippen molar-refractivity contribution in [3.8, 4) is 0 Å². The van der Waals surface area contributed by atoms with E-state index in [1.165, 1.54) is 0 Å². The molecule has 0 amide bonds. The van der Waals surface area contributed by atoms with E-state index in [0.29, 0.717) is 10.7 Å². The molecule has 0 aliphatic carbocycles. The molecule has 76 valence electrons. The fourth-order valence-electron chi connectivity index (χ4n) is 0.827. The Labute approximate surface area is 97.1 Å². The monoisotopic (exact) mass is 293 g/mol. The van der Waals surface area contributed by atoms with Crippen molar-refractivity contribution >= 4 is 47.9 Å². The summed E-state index contributed by atoms with van der Waals surface area (Å²) >= 11 is 9.29. The molecule has 0 fully saturated rings. The summed E-state index contributed by atoms with van der Waals surface area (Å²) in [5, 5.41) is 2.46. The SMILES string of the molecule is CS(C)(=C=O)=Nc1cccc(Br)c1Cl. The van der Waals surface area contributed by atoms with Crippen LogP contribution in [-0.4, -0.2) is 17.7 Å². The Morgan fingerprint density at radius 2 is 2.14 bits per heavy atom. The molecule has 0 aliphatic rings. The molecule has 0 bridgehead atoms. The van der Waals surface area contributed by atoms with E-state index in [-0.39, 0.29) is 0 Å². The molecule has 2 nitrogen and oxygen atoms in total. The lowest BCUT2D eigenvalue weighted by Crippen LogP contribution is -1.91. The quantitative estimate of drug-likeness (QED) is 0.730. The minimum atomic E-state index is -1.70. The number of halogens is 2. The normalized spacial score (nSPS) is 10.9. The van der Waals surface area contributed by atoms with Crippen LogP contribution >= 0.6 is 27.5 Å². The average molecular weight is 295 g/mol. The van der Waals surface area contributed by atoms with Gasteiger partial charge in [0.25, 0.3) is 0 Å². The maximum absolute atomic E-state index is 10.6. The molecule has 0 spiro atoms. The van der Waals surface area contributed by atoms with Gasteiger partial charge in [0.2, 0.25) is 0 Å². The largest absolute Gasteiger partial charge is 0.226 e. The van der Waals surface area contributed by atoms with Crippen molar-refractivity contribution in [3.05, 3.63) is 27.7 Å². The summed E-state index contributed by atoms with van der Waals surface area (Å²) in [5.41, 5.74) is 0.629. The number of hydrogen-bond acceptors (Lipinski definition) is 2. The van der Waals surface area contributed by atoms with Gasteiger partial charge >= 0.3 is 0 Å². The summed E-state index contributed by atoms with van der Waals surface area (Å²) in [6.07, 6.45) is 3.52. The number of benzene rings is 1. The Bertz CT molecular complexity index is 492. The van der Waals surface area contributed by atoms with Crippen LogP contribution in [0.25, 0.3) is 0 Å². The number of carbonyl (C=O) groups excluding carboxylic acids is 1. The summed E-state index contributed by atoms with van der Waals surface area (Å²) in [4.78, 5) is 10.6. The fraction of sp³-hybridized carbons (Fsp3) is 0.222. The van der Waals surface area contributed by atoms with Crippen LogP contribution < -0.4 is 0 Å². The maximum atomic E-state index is 10.6. The van der Waals surface area contributed by atoms with Crippen molar-refractivity contribution in [1.29, 1.82) is 0 Å². The third kappa shape index (κ3) is 2.85. The summed E-state index contributed by atoms with van der Waals surface area (Å²) in [6, 6.07) is 5.43. The number of rotatable bonds is 1. The summed E-state index contributed by atoms with van der Waals surface area (Å²) in [7, 11) is -1.70. The molecule has 1 aromatic carbocycles. The zero-order chi connectivity index (χ0) is 10.8. The van der Waals surface area contributed by atoms with E-state index in [1.807, 2.05) is 17.4 Å². The number of nitrogens with zero attached hydrogens (tertiary/aromatic N) is 1. The van der Waals surface area contributed by atoms with E-state index in [9.17, 15) is 4.79 Å². The van der Waals surface area contributed by atoms with Crippen LogP contribution in [0.5, 0.6) is 0 Å². The molecular weight excluding hydrogens is 286 g/mol. The summed E-state index contributed by atoms with van der Waals surface area (Å²) in [5.74, 6) is 0. The molecule has 0 atom stereocenters. The molecule has 0 radical (unpaired) electrons. The standard InChI is InChI=1S/C9H9BrClNOS/c1-14(2,6-13)12-8-5-3-4-7(10)9(8)11/h3-5H,1-2H3. The third-order valence-corrected chi connectivity index (χ3v) is 3.81. The van der Waals surface area contributed by atoms with Gasteiger partial charge in [0, 0.05) is 4.47 Å². The predicted octanol–water partition coefficient (Wildman–Crippen LogP) is 3.40. The van der Waals surface area contributed by atoms with E-state index in [2.05, 4.69) is 20.3 Å². The first-order valence-corrected chi connectivity index (χ1v) is 7.33. The highest BCUT2D eigenvalue weighted by atomic mass is 79.9. The molecule has 0 saturated heterocycles. The zero-order valence-electron chi connectivity index (χ0n) is 7.75. The second-order valence-corrected chi connectivity index (χ2v) is 7.15. The lowest BCUT2D eigenvalue weighted by molar-refractivity contribution is 0.571. The molecule has 1 aromatic rings. The first-order valence-electron chi connectivity index (χ1n) is 3.75. The Morgan fingerprint density at radius 1 is 1.50 bits per heavy atom. The van der Waals surface area contributed by atoms with Gasteiger partial charge in [0.15, 0.2) is 5.23 Å².